The number of hydrogen-bond acceptors (Lipinski definition) is 4. The van der Waals surface area contributed by atoms with Gasteiger partial charge in [-0.3, -0.25) is 4.79 Å². The third-order valence-electron chi connectivity index (χ3n) is 2.94. The largest absolute Gasteiger partial charge is 0.490 e. The highest BCUT2D eigenvalue weighted by molar-refractivity contribution is 5.96. The molecule has 1 aromatic carbocycles. The molecular formula is C14H17FN4O2. The molecule has 0 unspecified atom stereocenters. The van der Waals surface area contributed by atoms with Crippen molar-refractivity contribution in [1.29, 1.82) is 0 Å². The fourth-order valence-electron chi connectivity index (χ4n) is 1.77. The van der Waals surface area contributed by atoms with Gasteiger partial charge in [0.2, 0.25) is 0 Å². The maximum absolute atomic E-state index is 13.7. The summed E-state index contributed by atoms with van der Waals surface area (Å²) in [6.07, 6.45) is 0.820. The number of halogens is 1. The number of nitrogens with one attached hydrogen (secondary N) is 1. The zero-order valence-corrected chi connectivity index (χ0v) is 11.9. The highest BCUT2D eigenvalue weighted by Gasteiger charge is 2.17. The molecule has 1 aromatic heterocycles. The topological polar surface area (TPSA) is 93.9 Å². The van der Waals surface area contributed by atoms with E-state index in [-0.39, 0.29) is 17.1 Å². The summed E-state index contributed by atoms with van der Waals surface area (Å²) in [6, 6.07) is 4.24. The Labute approximate surface area is 121 Å². The first-order valence-corrected chi connectivity index (χ1v) is 6.62. The van der Waals surface area contributed by atoms with Crippen LogP contribution in [0.25, 0.3) is 11.3 Å². The van der Waals surface area contributed by atoms with Gasteiger partial charge in [0.25, 0.3) is 5.91 Å². The van der Waals surface area contributed by atoms with Crippen LogP contribution in [0.15, 0.2) is 18.2 Å². The van der Waals surface area contributed by atoms with Gasteiger partial charge in [0.05, 0.1) is 6.61 Å². The van der Waals surface area contributed by atoms with Gasteiger partial charge in [0, 0.05) is 5.56 Å². The molecule has 112 valence electrons. The van der Waals surface area contributed by atoms with Crippen LogP contribution < -0.4 is 10.5 Å². The van der Waals surface area contributed by atoms with E-state index in [0.717, 1.165) is 6.42 Å². The fraction of sp³-hybridized carbons (Fsp3) is 0.357. The van der Waals surface area contributed by atoms with Crippen molar-refractivity contribution in [2.75, 3.05) is 6.61 Å². The van der Waals surface area contributed by atoms with Gasteiger partial charge in [-0.15, -0.1) is 0 Å². The van der Waals surface area contributed by atoms with Crippen LogP contribution in [-0.2, 0) is 0 Å². The third kappa shape index (κ3) is 3.56. The predicted octanol–water partition coefficient (Wildman–Crippen LogP) is 2.13. The Morgan fingerprint density at radius 3 is 2.86 bits per heavy atom. The summed E-state index contributed by atoms with van der Waals surface area (Å²) in [4.78, 5) is 11.2. The molecule has 0 spiro atoms. The zero-order chi connectivity index (χ0) is 15.4. The van der Waals surface area contributed by atoms with Crippen LogP contribution in [0.3, 0.4) is 0 Å². The number of aromatic nitrogens is 3. The summed E-state index contributed by atoms with van der Waals surface area (Å²) in [5, 5.41) is 9.89. The van der Waals surface area contributed by atoms with Crippen molar-refractivity contribution >= 4 is 5.91 Å². The number of H-pyrrole nitrogens is 1. The first-order valence-electron chi connectivity index (χ1n) is 6.62. The zero-order valence-electron chi connectivity index (χ0n) is 11.9. The summed E-state index contributed by atoms with van der Waals surface area (Å²) in [6.45, 7) is 4.54. The van der Waals surface area contributed by atoms with Gasteiger partial charge in [-0.25, -0.2) is 4.39 Å². The molecule has 1 heterocycles. The summed E-state index contributed by atoms with van der Waals surface area (Å²) in [5.41, 5.74) is 6.01. The standard InChI is InChI=1S/C14H17FN4O2/c1-8(2)5-6-21-11-7-9(3-4-10(11)15)12-13(14(16)20)18-19-17-12/h3-4,7-8H,5-6H2,1-2H3,(H2,16,20)(H,17,18,19). The van der Waals surface area contributed by atoms with Gasteiger partial charge in [-0.05, 0) is 30.5 Å². The second-order valence-corrected chi connectivity index (χ2v) is 5.06. The van der Waals surface area contributed by atoms with E-state index in [2.05, 4.69) is 29.3 Å². The van der Waals surface area contributed by atoms with E-state index in [1.54, 1.807) is 0 Å². The Kier molecular flexibility index (Phi) is 4.52. The average molecular weight is 292 g/mol. The van der Waals surface area contributed by atoms with Crippen LogP contribution in [0.1, 0.15) is 30.8 Å². The molecule has 1 amide bonds. The minimum atomic E-state index is -0.703. The van der Waals surface area contributed by atoms with Gasteiger partial charge in [-0.1, -0.05) is 13.8 Å². The fourth-order valence-corrected chi connectivity index (χ4v) is 1.77. The van der Waals surface area contributed by atoms with Crippen molar-refractivity contribution in [2.24, 2.45) is 11.7 Å². The number of rotatable bonds is 6. The lowest BCUT2D eigenvalue weighted by atomic mass is 10.1. The summed E-state index contributed by atoms with van der Waals surface area (Å²) < 4.78 is 19.2. The van der Waals surface area contributed by atoms with Crippen LogP contribution in [0.5, 0.6) is 5.75 Å². The Hall–Kier alpha value is -2.44. The molecule has 0 fully saturated rings. The molecule has 0 saturated heterocycles. The van der Waals surface area contributed by atoms with Crippen molar-refractivity contribution in [3.8, 4) is 17.0 Å². The van der Waals surface area contributed by atoms with Gasteiger partial charge in [0.1, 0.15) is 5.69 Å². The van der Waals surface area contributed by atoms with E-state index < -0.39 is 11.7 Å². The van der Waals surface area contributed by atoms with E-state index in [1.807, 2.05) is 0 Å². The molecule has 0 saturated carbocycles. The van der Waals surface area contributed by atoms with Crippen molar-refractivity contribution in [3.05, 3.63) is 29.7 Å². The van der Waals surface area contributed by atoms with Gasteiger partial charge >= 0.3 is 0 Å². The van der Waals surface area contributed by atoms with E-state index in [9.17, 15) is 9.18 Å². The second kappa shape index (κ2) is 6.34. The number of aromatic amines is 1. The van der Waals surface area contributed by atoms with Crippen molar-refractivity contribution < 1.29 is 13.9 Å². The molecule has 0 bridgehead atoms. The van der Waals surface area contributed by atoms with Crippen molar-refractivity contribution in [1.82, 2.24) is 15.4 Å². The van der Waals surface area contributed by atoms with Crippen LogP contribution in [-0.4, -0.2) is 27.9 Å². The van der Waals surface area contributed by atoms with E-state index in [4.69, 9.17) is 10.5 Å². The number of amides is 1. The predicted molar refractivity (Wildman–Crippen MR) is 75.2 cm³/mol. The highest BCUT2D eigenvalue weighted by atomic mass is 19.1. The lowest BCUT2D eigenvalue weighted by molar-refractivity contribution is 0.0996. The van der Waals surface area contributed by atoms with Gasteiger partial charge in [-0.2, -0.15) is 15.4 Å². The SMILES string of the molecule is CC(C)CCOc1cc(-c2n[nH]nc2C(N)=O)ccc1F. The second-order valence-electron chi connectivity index (χ2n) is 5.06. The minimum absolute atomic E-state index is 0.00902. The molecular weight excluding hydrogens is 275 g/mol. The normalized spacial score (nSPS) is 10.9. The maximum Gasteiger partial charge on any atom is 0.271 e. The summed E-state index contributed by atoms with van der Waals surface area (Å²) in [5.74, 6) is -0.586. The van der Waals surface area contributed by atoms with Crippen molar-refractivity contribution in [2.45, 2.75) is 20.3 Å². The number of nitrogens with two attached hydrogens (primary N) is 1. The average Bonchev–Trinajstić information content (AvgIpc) is 2.90. The molecule has 0 atom stereocenters. The molecule has 3 N–H and O–H groups in total. The Morgan fingerprint density at radius 1 is 1.43 bits per heavy atom. The smallest absolute Gasteiger partial charge is 0.271 e. The third-order valence-corrected chi connectivity index (χ3v) is 2.94. The summed E-state index contributed by atoms with van der Waals surface area (Å²) in [7, 11) is 0. The molecule has 7 heteroatoms. The molecule has 2 aromatic rings. The van der Waals surface area contributed by atoms with E-state index in [0.29, 0.717) is 18.1 Å². The maximum atomic E-state index is 13.7. The number of ether oxygens (including phenoxy) is 1. The Bertz CT molecular complexity index is 640. The number of primary amides is 1. The van der Waals surface area contributed by atoms with Crippen LogP contribution in [0, 0.1) is 11.7 Å². The molecule has 0 aliphatic rings. The quantitative estimate of drug-likeness (QED) is 0.852. The minimum Gasteiger partial charge on any atom is -0.490 e. The first-order chi connectivity index (χ1) is 9.99. The highest BCUT2D eigenvalue weighted by Crippen LogP contribution is 2.26. The van der Waals surface area contributed by atoms with E-state index in [1.165, 1.54) is 18.2 Å². The first kappa shape index (κ1) is 15.0. The van der Waals surface area contributed by atoms with Gasteiger partial charge < -0.3 is 10.5 Å². The summed E-state index contributed by atoms with van der Waals surface area (Å²) >= 11 is 0. The van der Waals surface area contributed by atoms with Crippen LogP contribution >= 0.6 is 0 Å². The van der Waals surface area contributed by atoms with Gasteiger partial charge in [0.15, 0.2) is 17.3 Å². The number of carbonyl (C=O) groups is 1. The molecule has 21 heavy (non-hydrogen) atoms. The monoisotopic (exact) mass is 292 g/mol. The lowest BCUT2D eigenvalue weighted by Gasteiger charge is -2.10. The number of hydrogen-bond donors (Lipinski definition) is 2. The number of carbonyl (C=O) groups excluding carboxylic acids is 1. The van der Waals surface area contributed by atoms with Crippen LogP contribution in [0.2, 0.25) is 0 Å². The number of benzene rings is 1. The molecule has 6 nitrogen and oxygen atoms in total. The molecule has 2 rings (SSSR count). The molecule has 0 aliphatic carbocycles. The Balaban J connectivity index is 2.25. The van der Waals surface area contributed by atoms with E-state index >= 15 is 0 Å². The Morgan fingerprint density at radius 2 is 2.19 bits per heavy atom. The molecule has 0 aliphatic heterocycles. The molecule has 0 radical (unpaired) electrons. The van der Waals surface area contributed by atoms with Crippen LogP contribution in [0.4, 0.5) is 4.39 Å². The van der Waals surface area contributed by atoms with Crippen molar-refractivity contribution in [3.63, 3.8) is 0 Å². The number of nitrogens with zero attached hydrogens (tertiary/aromatic N) is 2. The lowest BCUT2D eigenvalue weighted by Crippen LogP contribution is -2.12.